The molecule has 29 heavy (non-hydrogen) atoms. The quantitative estimate of drug-likeness (QED) is 0.569. The Morgan fingerprint density at radius 3 is 2.55 bits per heavy atom. The van der Waals surface area contributed by atoms with Crippen molar-refractivity contribution < 1.29 is 18.7 Å². The van der Waals surface area contributed by atoms with Crippen molar-refractivity contribution in [2.45, 2.75) is 18.1 Å². The second kappa shape index (κ2) is 9.42. The van der Waals surface area contributed by atoms with Crippen LogP contribution in [-0.2, 0) is 17.8 Å². The number of rotatable bonds is 8. The Morgan fingerprint density at radius 1 is 1.14 bits per heavy atom. The zero-order valence-corrected chi connectivity index (χ0v) is 17.1. The maximum absolute atomic E-state index is 13.3. The highest BCUT2D eigenvalue weighted by atomic mass is 32.2. The summed E-state index contributed by atoms with van der Waals surface area (Å²) in [6.45, 7) is 0.177. The van der Waals surface area contributed by atoms with E-state index >= 15 is 0 Å². The summed E-state index contributed by atoms with van der Waals surface area (Å²) in [4.78, 5) is 12.5. The molecule has 0 bridgehead atoms. The number of halogens is 1. The number of amides is 1. The molecule has 0 aliphatic carbocycles. The molecule has 1 N–H and O–H groups in total. The van der Waals surface area contributed by atoms with Crippen LogP contribution in [0.5, 0.6) is 11.5 Å². The average Bonchev–Trinajstić information content (AvgIpc) is 3.15. The lowest BCUT2D eigenvalue weighted by Crippen LogP contribution is -2.26. The van der Waals surface area contributed by atoms with Crippen LogP contribution >= 0.6 is 11.8 Å². The van der Waals surface area contributed by atoms with Gasteiger partial charge in [0.05, 0.1) is 27.2 Å². The monoisotopic (exact) mass is 416 g/mol. The molecule has 3 aromatic rings. The number of nitrogens with zero attached hydrogens (tertiary/aromatic N) is 3. The molecule has 1 heterocycles. The van der Waals surface area contributed by atoms with Gasteiger partial charge in [0.15, 0.2) is 11.0 Å². The molecule has 0 unspecified atom stereocenters. The van der Waals surface area contributed by atoms with E-state index < -0.39 is 0 Å². The summed E-state index contributed by atoms with van der Waals surface area (Å²) in [5.41, 5.74) is 1.44. The van der Waals surface area contributed by atoms with Gasteiger partial charge in [0.25, 0.3) is 0 Å². The second-order valence-corrected chi connectivity index (χ2v) is 6.82. The highest BCUT2D eigenvalue weighted by Gasteiger charge is 2.15. The van der Waals surface area contributed by atoms with Crippen LogP contribution in [-0.4, -0.2) is 41.1 Å². The maximum atomic E-state index is 13.3. The van der Waals surface area contributed by atoms with Gasteiger partial charge in [-0.2, -0.15) is 0 Å². The van der Waals surface area contributed by atoms with Crippen molar-refractivity contribution in [1.29, 1.82) is 0 Å². The fourth-order valence-electron chi connectivity index (χ4n) is 2.83. The number of carbonyl (C=O) groups is 1. The number of benzene rings is 2. The number of carbonyl (C=O) groups excluding carboxylic acids is 1. The number of aromatic nitrogens is 3. The topological polar surface area (TPSA) is 78.3 Å². The number of methoxy groups -OCH3 is 2. The Balaban J connectivity index is 1.74. The van der Waals surface area contributed by atoms with E-state index in [1.54, 1.807) is 49.1 Å². The van der Waals surface area contributed by atoms with E-state index in [1.165, 1.54) is 23.9 Å². The molecule has 3 rings (SSSR count). The fraction of sp³-hybridized carbons (Fsp3) is 0.250. The van der Waals surface area contributed by atoms with Crippen molar-refractivity contribution >= 4 is 17.7 Å². The van der Waals surface area contributed by atoms with Crippen LogP contribution < -0.4 is 14.8 Å². The molecule has 0 fully saturated rings. The summed E-state index contributed by atoms with van der Waals surface area (Å²) >= 11 is 1.41. The standard InChI is InChI=1S/C20H21FN4O3S/c1-27-16-8-9-17(28-2)13(10-16)11-19(26)22-12-18-23-24-20(29-3)25(18)15-6-4-14(21)5-7-15/h4-10H,11-12H2,1-3H3,(H,22,26). The lowest BCUT2D eigenvalue weighted by atomic mass is 10.1. The molecule has 0 spiro atoms. The Hall–Kier alpha value is -3.07. The minimum absolute atomic E-state index is 0.125. The van der Waals surface area contributed by atoms with E-state index in [4.69, 9.17) is 9.47 Å². The zero-order valence-electron chi connectivity index (χ0n) is 16.3. The van der Waals surface area contributed by atoms with Crippen molar-refractivity contribution in [1.82, 2.24) is 20.1 Å². The molecular weight excluding hydrogens is 395 g/mol. The van der Waals surface area contributed by atoms with Crippen LogP contribution in [0.15, 0.2) is 47.6 Å². The van der Waals surface area contributed by atoms with Crippen molar-refractivity contribution in [2.24, 2.45) is 0 Å². The first-order chi connectivity index (χ1) is 14.0. The van der Waals surface area contributed by atoms with Gasteiger partial charge in [-0.3, -0.25) is 9.36 Å². The first kappa shape index (κ1) is 20.7. The van der Waals surface area contributed by atoms with E-state index in [0.717, 1.165) is 5.69 Å². The Bertz CT molecular complexity index is 992. The summed E-state index contributed by atoms with van der Waals surface area (Å²) in [6, 6.07) is 11.3. The third-order valence-electron chi connectivity index (χ3n) is 4.25. The van der Waals surface area contributed by atoms with Crippen molar-refractivity contribution in [2.75, 3.05) is 20.5 Å². The molecule has 0 atom stereocenters. The summed E-state index contributed by atoms with van der Waals surface area (Å²) in [7, 11) is 3.12. The highest BCUT2D eigenvalue weighted by Crippen LogP contribution is 2.24. The van der Waals surface area contributed by atoms with Crippen molar-refractivity contribution in [3.05, 3.63) is 59.7 Å². The van der Waals surface area contributed by atoms with Gasteiger partial charge in [-0.15, -0.1) is 10.2 Å². The van der Waals surface area contributed by atoms with Crippen LogP contribution in [0.1, 0.15) is 11.4 Å². The molecule has 2 aromatic carbocycles. The van der Waals surface area contributed by atoms with E-state index in [-0.39, 0.29) is 24.7 Å². The molecule has 7 nitrogen and oxygen atoms in total. The largest absolute Gasteiger partial charge is 0.497 e. The Labute approximate surface area is 172 Å². The third kappa shape index (κ3) is 4.86. The average molecular weight is 416 g/mol. The van der Waals surface area contributed by atoms with Gasteiger partial charge in [-0.25, -0.2) is 4.39 Å². The molecule has 0 radical (unpaired) electrons. The van der Waals surface area contributed by atoms with Crippen LogP contribution in [0.2, 0.25) is 0 Å². The summed E-state index contributed by atoms with van der Waals surface area (Å²) in [5, 5.41) is 11.8. The van der Waals surface area contributed by atoms with Gasteiger partial charge >= 0.3 is 0 Å². The molecule has 9 heteroatoms. The molecule has 152 valence electrons. The number of hydrogen-bond donors (Lipinski definition) is 1. The smallest absolute Gasteiger partial charge is 0.224 e. The number of nitrogens with one attached hydrogen (secondary N) is 1. The molecular formula is C20H21FN4O3S. The second-order valence-electron chi connectivity index (χ2n) is 6.05. The number of ether oxygens (including phenoxy) is 2. The van der Waals surface area contributed by atoms with E-state index in [0.29, 0.717) is 28.0 Å². The number of thioether (sulfide) groups is 1. The van der Waals surface area contributed by atoms with Gasteiger partial charge in [0, 0.05) is 11.3 Å². The molecule has 0 saturated heterocycles. The molecule has 0 saturated carbocycles. The predicted octanol–water partition coefficient (Wildman–Crippen LogP) is 3.00. The van der Waals surface area contributed by atoms with Crippen LogP contribution in [0, 0.1) is 5.82 Å². The van der Waals surface area contributed by atoms with Crippen molar-refractivity contribution in [3.63, 3.8) is 0 Å². The van der Waals surface area contributed by atoms with Gasteiger partial charge in [0.1, 0.15) is 17.3 Å². The fourth-order valence-corrected chi connectivity index (χ4v) is 3.35. The Kier molecular flexibility index (Phi) is 6.71. The first-order valence-electron chi connectivity index (χ1n) is 8.77. The van der Waals surface area contributed by atoms with E-state index in [9.17, 15) is 9.18 Å². The predicted molar refractivity (Wildman–Crippen MR) is 108 cm³/mol. The van der Waals surface area contributed by atoms with E-state index in [1.807, 2.05) is 6.26 Å². The lowest BCUT2D eigenvalue weighted by molar-refractivity contribution is -0.120. The molecule has 0 aliphatic rings. The van der Waals surface area contributed by atoms with E-state index in [2.05, 4.69) is 15.5 Å². The van der Waals surface area contributed by atoms with Gasteiger partial charge < -0.3 is 14.8 Å². The lowest BCUT2D eigenvalue weighted by Gasteiger charge is -2.12. The molecule has 1 amide bonds. The maximum Gasteiger partial charge on any atom is 0.224 e. The van der Waals surface area contributed by atoms with Crippen LogP contribution in [0.4, 0.5) is 4.39 Å². The number of hydrogen-bond acceptors (Lipinski definition) is 6. The third-order valence-corrected chi connectivity index (χ3v) is 4.88. The minimum atomic E-state index is -0.324. The van der Waals surface area contributed by atoms with Crippen LogP contribution in [0.25, 0.3) is 5.69 Å². The molecule has 0 aliphatic heterocycles. The summed E-state index contributed by atoms with van der Waals surface area (Å²) < 4.78 is 25.6. The summed E-state index contributed by atoms with van der Waals surface area (Å²) in [5.74, 6) is 1.28. The van der Waals surface area contributed by atoms with Crippen LogP contribution in [0.3, 0.4) is 0 Å². The SMILES string of the molecule is COc1ccc(OC)c(CC(=O)NCc2nnc(SC)n2-c2ccc(F)cc2)c1. The minimum Gasteiger partial charge on any atom is -0.497 e. The molecule has 1 aromatic heterocycles. The Morgan fingerprint density at radius 2 is 1.90 bits per heavy atom. The van der Waals surface area contributed by atoms with Gasteiger partial charge in [-0.05, 0) is 48.7 Å². The van der Waals surface area contributed by atoms with Gasteiger partial charge in [0.2, 0.25) is 5.91 Å². The van der Waals surface area contributed by atoms with Gasteiger partial charge in [-0.1, -0.05) is 11.8 Å². The normalized spacial score (nSPS) is 10.6. The highest BCUT2D eigenvalue weighted by molar-refractivity contribution is 7.98. The zero-order chi connectivity index (χ0) is 20.8. The van der Waals surface area contributed by atoms with Crippen molar-refractivity contribution in [3.8, 4) is 17.2 Å². The first-order valence-corrected chi connectivity index (χ1v) is 10.00. The summed E-state index contributed by atoms with van der Waals surface area (Å²) in [6.07, 6.45) is 2.00.